The molecular weight excluding hydrogens is 446 g/mol. The molecule has 36 heavy (non-hydrogen) atoms. The van der Waals surface area contributed by atoms with E-state index in [0.29, 0.717) is 0 Å². The van der Waals surface area contributed by atoms with E-state index in [0.717, 1.165) is 68.9 Å². The zero-order chi connectivity index (χ0) is 24.5. The number of piperazine rings is 1. The number of H-pyrrole nitrogens is 1. The Bertz CT molecular complexity index is 1370. The smallest absolute Gasteiger partial charge is 0.119 e. The first-order valence-electron chi connectivity index (χ1n) is 13.5. The van der Waals surface area contributed by atoms with Crippen molar-refractivity contribution < 1.29 is 4.74 Å². The van der Waals surface area contributed by atoms with E-state index in [2.05, 4.69) is 51.3 Å². The molecule has 4 aromatic rings. The Kier molecular flexibility index (Phi) is 6.45. The van der Waals surface area contributed by atoms with Crippen molar-refractivity contribution in [3.8, 4) is 5.75 Å². The molecule has 1 aliphatic carbocycles. The molecule has 0 saturated carbocycles. The minimum Gasteiger partial charge on any atom is -0.497 e. The number of pyridine rings is 1. The molecule has 6 nitrogen and oxygen atoms in total. The number of nitrogens with two attached hydrogens (primary N) is 1. The molecule has 2 aromatic heterocycles. The molecule has 6 rings (SSSR count). The van der Waals surface area contributed by atoms with Crippen molar-refractivity contribution in [3.05, 3.63) is 59.4 Å². The number of nitrogens with one attached hydrogen (secondary N) is 1. The molecule has 2 aliphatic rings. The van der Waals surface area contributed by atoms with Crippen LogP contribution in [0.1, 0.15) is 42.5 Å². The highest BCUT2D eigenvalue weighted by atomic mass is 16.5. The lowest BCUT2D eigenvalue weighted by molar-refractivity contribution is 0.253. The third-order valence-electron chi connectivity index (χ3n) is 8.17. The lowest BCUT2D eigenvalue weighted by atomic mass is 9.92. The van der Waals surface area contributed by atoms with Crippen LogP contribution in [0.25, 0.3) is 21.8 Å². The van der Waals surface area contributed by atoms with E-state index in [1.807, 2.05) is 6.07 Å². The van der Waals surface area contributed by atoms with Crippen molar-refractivity contribution in [3.63, 3.8) is 0 Å². The van der Waals surface area contributed by atoms with Crippen LogP contribution in [0.3, 0.4) is 0 Å². The van der Waals surface area contributed by atoms with Crippen LogP contribution in [0.2, 0.25) is 0 Å². The molecule has 0 radical (unpaired) electrons. The molecule has 0 amide bonds. The summed E-state index contributed by atoms with van der Waals surface area (Å²) in [4.78, 5) is 13.6. The maximum Gasteiger partial charge on any atom is 0.119 e. The van der Waals surface area contributed by atoms with Crippen molar-refractivity contribution in [1.82, 2.24) is 14.9 Å². The van der Waals surface area contributed by atoms with Gasteiger partial charge in [0.05, 0.1) is 12.6 Å². The van der Waals surface area contributed by atoms with Gasteiger partial charge >= 0.3 is 0 Å². The SMILES string of the molecule is COc1ccc2[nH]cc(CCCCN3CCN(c4cccc5nc6c(c(N)c45)CCCC6)CC3)c2c1. The lowest BCUT2D eigenvalue weighted by Crippen LogP contribution is -2.46. The van der Waals surface area contributed by atoms with Gasteiger partial charge in [-0.05, 0) is 92.9 Å². The van der Waals surface area contributed by atoms with Crippen molar-refractivity contribution in [1.29, 1.82) is 0 Å². The van der Waals surface area contributed by atoms with Crippen molar-refractivity contribution >= 4 is 33.2 Å². The fraction of sp³-hybridized carbons (Fsp3) is 0.433. The van der Waals surface area contributed by atoms with E-state index in [9.17, 15) is 0 Å². The third kappa shape index (κ3) is 4.39. The molecule has 0 bridgehead atoms. The number of nitrogen functional groups attached to an aromatic ring is 1. The van der Waals surface area contributed by atoms with E-state index in [1.165, 1.54) is 64.5 Å². The molecule has 0 spiro atoms. The van der Waals surface area contributed by atoms with Gasteiger partial charge in [0.15, 0.2) is 0 Å². The lowest BCUT2D eigenvalue weighted by Gasteiger charge is -2.37. The molecule has 188 valence electrons. The van der Waals surface area contributed by atoms with Crippen molar-refractivity contribution in [2.45, 2.75) is 44.9 Å². The first-order valence-corrected chi connectivity index (χ1v) is 13.5. The highest BCUT2D eigenvalue weighted by molar-refractivity contribution is 6.02. The first-order chi connectivity index (χ1) is 17.7. The van der Waals surface area contributed by atoms with Crippen LogP contribution < -0.4 is 15.4 Å². The van der Waals surface area contributed by atoms with Crippen molar-refractivity contribution in [2.24, 2.45) is 0 Å². The average Bonchev–Trinajstić information content (AvgIpc) is 3.33. The van der Waals surface area contributed by atoms with E-state index < -0.39 is 0 Å². The number of ether oxygens (including phenoxy) is 1. The van der Waals surface area contributed by atoms with Gasteiger partial charge < -0.3 is 20.4 Å². The van der Waals surface area contributed by atoms with Gasteiger partial charge in [-0.3, -0.25) is 9.88 Å². The Morgan fingerprint density at radius 3 is 2.75 bits per heavy atom. The number of fused-ring (bicyclic) bond motifs is 3. The second kappa shape index (κ2) is 10.0. The van der Waals surface area contributed by atoms with Gasteiger partial charge in [0, 0.05) is 65.7 Å². The number of aromatic nitrogens is 2. The molecule has 3 heterocycles. The minimum atomic E-state index is 0.921. The predicted octanol–water partition coefficient (Wildman–Crippen LogP) is 5.33. The van der Waals surface area contributed by atoms with Crippen LogP contribution in [-0.4, -0.2) is 54.7 Å². The van der Waals surface area contributed by atoms with E-state index in [-0.39, 0.29) is 0 Å². The van der Waals surface area contributed by atoms with E-state index >= 15 is 0 Å². The number of aryl methyl sites for hydroxylation is 2. The third-order valence-corrected chi connectivity index (χ3v) is 8.17. The van der Waals surface area contributed by atoms with Crippen LogP contribution in [0, 0.1) is 0 Å². The maximum atomic E-state index is 6.76. The minimum absolute atomic E-state index is 0.921. The standard InChI is InChI=1S/C30H37N5O/c1-36-22-12-13-25-24(19-22)21(20-32-25)7-4-5-14-34-15-17-35(18-16-34)28-11-6-10-27-29(28)30(31)23-8-2-3-9-26(23)33-27/h6,10-13,19-20,32H,2-5,7-9,14-18H2,1H3,(H2,31,33). The number of methoxy groups -OCH3 is 1. The van der Waals surface area contributed by atoms with Crippen LogP contribution in [-0.2, 0) is 19.3 Å². The number of unbranched alkanes of at least 4 members (excludes halogenated alkanes) is 1. The van der Waals surface area contributed by atoms with E-state index in [1.54, 1.807) is 7.11 Å². The summed E-state index contributed by atoms with van der Waals surface area (Å²) in [6.07, 6.45) is 10.2. The topological polar surface area (TPSA) is 70.4 Å². The van der Waals surface area contributed by atoms with Gasteiger partial charge in [-0.15, -0.1) is 0 Å². The first kappa shape index (κ1) is 23.2. The average molecular weight is 484 g/mol. The largest absolute Gasteiger partial charge is 0.497 e. The molecule has 1 aliphatic heterocycles. The molecule has 0 atom stereocenters. The summed E-state index contributed by atoms with van der Waals surface area (Å²) in [6.45, 7) is 5.43. The second-order valence-corrected chi connectivity index (χ2v) is 10.3. The molecule has 3 N–H and O–H groups in total. The second-order valence-electron chi connectivity index (χ2n) is 10.3. The Labute approximate surface area is 213 Å². The predicted molar refractivity (Wildman–Crippen MR) is 149 cm³/mol. The number of aromatic amines is 1. The summed E-state index contributed by atoms with van der Waals surface area (Å²) >= 11 is 0. The van der Waals surface area contributed by atoms with Crippen LogP contribution >= 0.6 is 0 Å². The van der Waals surface area contributed by atoms with E-state index in [4.69, 9.17) is 15.5 Å². The Hall–Kier alpha value is -3.25. The molecular formula is C30H37N5O. The number of nitrogens with zero attached hydrogens (tertiary/aromatic N) is 3. The number of anilines is 2. The zero-order valence-electron chi connectivity index (χ0n) is 21.4. The highest BCUT2D eigenvalue weighted by Crippen LogP contribution is 2.37. The van der Waals surface area contributed by atoms with Gasteiger partial charge in [0.1, 0.15) is 5.75 Å². The fourth-order valence-corrected chi connectivity index (χ4v) is 6.11. The highest BCUT2D eigenvalue weighted by Gasteiger charge is 2.22. The van der Waals surface area contributed by atoms with Crippen LogP contribution in [0.5, 0.6) is 5.75 Å². The fourth-order valence-electron chi connectivity index (χ4n) is 6.11. The summed E-state index contributed by atoms with van der Waals surface area (Å²) in [5.74, 6) is 0.921. The summed E-state index contributed by atoms with van der Waals surface area (Å²) < 4.78 is 5.41. The van der Waals surface area contributed by atoms with Gasteiger partial charge in [0.2, 0.25) is 0 Å². The number of benzene rings is 2. The Morgan fingerprint density at radius 1 is 1.03 bits per heavy atom. The molecule has 6 heteroatoms. The van der Waals surface area contributed by atoms with Gasteiger partial charge in [-0.1, -0.05) is 6.07 Å². The summed E-state index contributed by atoms with van der Waals surface area (Å²) in [5, 5.41) is 2.45. The normalized spacial score (nSPS) is 16.5. The molecule has 0 unspecified atom stereocenters. The quantitative estimate of drug-likeness (QED) is 0.348. The molecule has 2 aromatic carbocycles. The Morgan fingerprint density at radius 2 is 1.89 bits per heavy atom. The summed E-state index contributed by atoms with van der Waals surface area (Å²) in [7, 11) is 1.73. The van der Waals surface area contributed by atoms with Gasteiger partial charge in [-0.25, -0.2) is 0 Å². The summed E-state index contributed by atoms with van der Waals surface area (Å²) in [6, 6.07) is 12.8. The zero-order valence-corrected chi connectivity index (χ0v) is 21.4. The molecule has 1 fully saturated rings. The van der Waals surface area contributed by atoms with Gasteiger partial charge in [-0.2, -0.15) is 0 Å². The number of rotatable bonds is 7. The number of hydrogen-bond donors (Lipinski definition) is 2. The van der Waals surface area contributed by atoms with Crippen molar-refractivity contribution in [2.75, 3.05) is 50.5 Å². The number of hydrogen-bond acceptors (Lipinski definition) is 5. The van der Waals surface area contributed by atoms with Gasteiger partial charge in [0.25, 0.3) is 0 Å². The maximum absolute atomic E-state index is 6.76. The van der Waals surface area contributed by atoms with Crippen LogP contribution in [0.15, 0.2) is 42.6 Å². The summed E-state index contributed by atoms with van der Waals surface area (Å²) in [5.41, 5.74) is 15.2. The monoisotopic (exact) mass is 483 g/mol. The van der Waals surface area contributed by atoms with Crippen LogP contribution in [0.4, 0.5) is 11.4 Å². The Balaban J connectivity index is 1.06. The molecule has 1 saturated heterocycles.